The first-order chi connectivity index (χ1) is 7.54. The van der Waals surface area contributed by atoms with Gasteiger partial charge in [0.15, 0.2) is 0 Å². The van der Waals surface area contributed by atoms with Gasteiger partial charge in [-0.2, -0.15) is 0 Å². The molecule has 0 radical (unpaired) electrons. The molecule has 0 heterocycles. The molecule has 0 saturated carbocycles. The Morgan fingerprint density at radius 1 is 1.50 bits per heavy atom. The third-order valence-corrected chi connectivity index (χ3v) is 2.22. The second-order valence-electron chi connectivity index (χ2n) is 3.55. The standard InChI is InChI=1S/C11H15NO4/c1-7-2-3-8(4-10(7)11(15)16)12-5-9(14)6-13/h2-4,9,12-14H,5-6H2,1H3,(H,15,16). The average Bonchev–Trinajstić information content (AvgIpc) is 2.27. The summed E-state index contributed by atoms with van der Waals surface area (Å²) in [5.74, 6) is -0.983. The fourth-order valence-corrected chi connectivity index (χ4v) is 1.26. The second-order valence-corrected chi connectivity index (χ2v) is 3.55. The molecule has 0 amide bonds. The van der Waals surface area contributed by atoms with Crippen molar-refractivity contribution < 1.29 is 20.1 Å². The Bertz CT molecular complexity index is 378. The highest BCUT2D eigenvalue weighted by molar-refractivity contribution is 5.90. The molecule has 0 bridgehead atoms. The van der Waals surface area contributed by atoms with Gasteiger partial charge in [-0.1, -0.05) is 6.07 Å². The lowest BCUT2D eigenvalue weighted by molar-refractivity contribution is 0.0696. The number of carboxylic acid groups (broad SMARTS) is 1. The molecule has 5 nitrogen and oxygen atoms in total. The molecule has 16 heavy (non-hydrogen) atoms. The van der Waals surface area contributed by atoms with Gasteiger partial charge in [0.25, 0.3) is 0 Å². The molecule has 0 aliphatic rings. The summed E-state index contributed by atoms with van der Waals surface area (Å²) in [7, 11) is 0. The summed E-state index contributed by atoms with van der Waals surface area (Å²) in [6, 6.07) is 4.92. The molecule has 0 aromatic heterocycles. The van der Waals surface area contributed by atoms with Crippen LogP contribution in [0.4, 0.5) is 5.69 Å². The van der Waals surface area contributed by atoms with E-state index in [0.29, 0.717) is 11.3 Å². The quantitative estimate of drug-likeness (QED) is 0.584. The van der Waals surface area contributed by atoms with Crippen LogP contribution in [0.15, 0.2) is 18.2 Å². The lowest BCUT2D eigenvalue weighted by atomic mass is 10.1. The molecule has 0 spiro atoms. The zero-order chi connectivity index (χ0) is 12.1. The number of hydrogen-bond donors (Lipinski definition) is 4. The number of aryl methyl sites for hydroxylation is 1. The van der Waals surface area contributed by atoms with E-state index in [-0.39, 0.29) is 18.7 Å². The van der Waals surface area contributed by atoms with Gasteiger partial charge in [0, 0.05) is 12.2 Å². The number of aromatic carboxylic acids is 1. The highest BCUT2D eigenvalue weighted by Crippen LogP contribution is 2.15. The van der Waals surface area contributed by atoms with Crippen LogP contribution >= 0.6 is 0 Å². The van der Waals surface area contributed by atoms with E-state index in [1.807, 2.05) is 0 Å². The number of aliphatic hydroxyl groups is 2. The maximum Gasteiger partial charge on any atom is 0.336 e. The van der Waals surface area contributed by atoms with Gasteiger partial charge in [-0.25, -0.2) is 4.79 Å². The van der Waals surface area contributed by atoms with E-state index in [4.69, 9.17) is 15.3 Å². The first kappa shape index (κ1) is 12.5. The number of carbonyl (C=O) groups is 1. The number of carboxylic acids is 1. The van der Waals surface area contributed by atoms with E-state index in [1.54, 1.807) is 19.1 Å². The third kappa shape index (κ3) is 3.22. The maximum absolute atomic E-state index is 10.9. The van der Waals surface area contributed by atoms with E-state index in [1.165, 1.54) is 6.07 Å². The topological polar surface area (TPSA) is 89.8 Å². The normalized spacial score (nSPS) is 12.2. The van der Waals surface area contributed by atoms with Crippen LogP contribution in [0.3, 0.4) is 0 Å². The van der Waals surface area contributed by atoms with Crippen LogP contribution in [0.25, 0.3) is 0 Å². The number of rotatable bonds is 5. The highest BCUT2D eigenvalue weighted by Gasteiger charge is 2.08. The minimum atomic E-state index is -0.983. The van der Waals surface area contributed by atoms with Crippen LogP contribution in [-0.2, 0) is 0 Å². The Hall–Kier alpha value is -1.59. The number of hydrogen-bond acceptors (Lipinski definition) is 4. The summed E-state index contributed by atoms with van der Waals surface area (Å²) in [6.07, 6.45) is -0.852. The number of nitrogens with one attached hydrogen (secondary N) is 1. The molecule has 5 heteroatoms. The third-order valence-electron chi connectivity index (χ3n) is 2.22. The molecule has 1 rings (SSSR count). The van der Waals surface area contributed by atoms with Gasteiger partial charge in [0.1, 0.15) is 0 Å². The summed E-state index contributed by atoms with van der Waals surface area (Å²) in [5, 5.41) is 29.5. The largest absolute Gasteiger partial charge is 0.478 e. The minimum Gasteiger partial charge on any atom is -0.478 e. The summed E-state index contributed by atoms with van der Waals surface area (Å²) >= 11 is 0. The molecule has 1 aromatic carbocycles. The summed E-state index contributed by atoms with van der Waals surface area (Å²) in [6.45, 7) is 1.57. The average molecular weight is 225 g/mol. The van der Waals surface area contributed by atoms with Crippen molar-refractivity contribution >= 4 is 11.7 Å². The van der Waals surface area contributed by atoms with Crippen molar-refractivity contribution in [2.45, 2.75) is 13.0 Å². The Kier molecular flexibility index (Phi) is 4.28. The summed E-state index contributed by atoms with van der Waals surface area (Å²) in [5.41, 5.74) is 1.51. The predicted octanol–water partition coefficient (Wildman–Crippen LogP) is 0.458. The van der Waals surface area contributed by atoms with Gasteiger partial charge in [0.05, 0.1) is 18.3 Å². The fourth-order valence-electron chi connectivity index (χ4n) is 1.26. The number of benzene rings is 1. The fraction of sp³-hybridized carbons (Fsp3) is 0.364. The lowest BCUT2D eigenvalue weighted by Crippen LogP contribution is -2.23. The maximum atomic E-state index is 10.9. The molecule has 1 unspecified atom stereocenters. The summed E-state index contributed by atoms with van der Waals surface area (Å²) < 4.78 is 0. The summed E-state index contributed by atoms with van der Waals surface area (Å²) in [4.78, 5) is 10.9. The second kappa shape index (κ2) is 5.48. The Morgan fingerprint density at radius 2 is 2.19 bits per heavy atom. The van der Waals surface area contributed by atoms with Crippen molar-refractivity contribution in [3.05, 3.63) is 29.3 Å². The van der Waals surface area contributed by atoms with E-state index in [0.717, 1.165) is 0 Å². The monoisotopic (exact) mass is 225 g/mol. The molecule has 1 aromatic rings. The molecule has 1 atom stereocenters. The smallest absolute Gasteiger partial charge is 0.336 e. The molecule has 88 valence electrons. The zero-order valence-corrected chi connectivity index (χ0v) is 8.97. The van der Waals surface area contributed by atoms with Gasteiger partial charge in [-0.3, -0.25) is 0 Å². The molecule has 0 saturated heterocycles. The molecule has 0 aliphatic carbocycles. The van der Waals surface area contributed by atoms with Gasteiger partial charge in [-0.05, 0) is 24.6 Å². The van der Waals surface area contributed by atoms with E-state index >= 15 is 0 Å². The van der Waals surface area contributed by atoms with Crippen LogP contribution in [0.1, 0.15) is 15.9 Å². The Labute approximate surface area is 93.4 Å². The molecule has 0 fully saturated rings. The van der Waals surface area contributed by atoms with Crippen molar-refractivity contribution in [2.75, 3.05) is 18.5 Å². The van der Waals surface area contributed by atoms with Gasteiger partial charge in [0.2, 0.25) is 0 Å². The number of anilines is 1. The van der Waals surface area contributed by atoms with Crippen LogP contribution in [-0.4, -0.2) is 40.5 Å². The number of aliphatic hydroxyl groups excluding tert-OH is 2. The van der Waals surface area contributed by atoms with Crippen molar-refractivity contribution in [2.24, 2.45) is 0 Å². The molecular weight excluding hydrogens is 210 g/mol. The van der Waals surface area contributed by atoms with Crippen LogP contribution < -0.4 is 5.32 Å². The van der Waals surface area contributed by atoms with Crippen LogP contribution in [0, 0.1) is 6.92 Å². The first-order valence-corrected chi connectivity index (χ1v) is 4.91. The predicted molar refractivity (Wildman–Crippen MR) is 59.7 cm³/mol. The van der Waals surface area contributed by atoms with Crippen molar-refractivity contribution in [3.8, 4) is 0 Å². The van der Waals surface area contributed by atoms with Crippen LogP contribution in [0.2, 0.25) is 0 Å². The van der Waals surface area contributed by atoms with E-state index in [2.05, 4.69) is 5.32 Å². The zero-order valence-electron chi connectivity index (χ0n) is 8.97. The SMILES string of the molecule is Cc1ccc(NCC(O)CO)cc1C(=O)O. The van der Waals surface area contributed by atoms with Crippen molar-refractivity contribution in [1.29, 1.82) is 0 Å². The van der Waals surface area contributed by atoms with Gasteiger partial charge >= 0.3 is 5.97 Å². The van der Waals surface area contributed by atoms with E-state index in [9.17, 15) is 4.79 Å². The van der Waals surface area contributed by atoms with Crippen molar-refractivity contribution in [1.82, 2.24) is 0 Å². The van der Waals surface area contributed by atoms with Crippen LogP contribution in [0.5, 0.6) is 0 Å². The first-order valence-electron chi connectivity index (χ1n) is 4.91. The Balaban J connectivity index is 2.75. The van der Waals surface area contributed by atoms with Gasteiger partial charge < -0.3 is 20.6 Å². The minimum absolute atomic E-state index is 0.179. The molecular formula is C11H15NO4. The van der Waals surface area contributed by atoms with Crippen molar-refractivity contribution in [3.63, 3.8) is 0 Å². The van der Waals surface area contributed by atoms with Gasteiger partial charge in [-0.15, -0.1) is 0 Å². The molecule has 4 N–H and O–H groups in total. The van der Waals surface area contributed by atoms with E-state index < -0.39 is 12.1 Å². The lowest BCUT2D eigenvalue weighted by Gasteiger charge is -2.11. The highest BCUT2D eigenvalue weighted by atomic mass is 16.4. The Morgan fingerprint density at radius 3 is 2.75 bits per heavy atom. The molecule has 0 aliphatic heterocycles.